The Balaban J connectivity index is 1.63. The number of amides is 2. The van der Waals surface area contributed by atoms with Crippen LogP contribution in [0.4, 0.5) is 5.69 Å². The highest BCUT2D eigenvalue weighted by Gasteiger charge is 2.20. The lowest BCUT2D eigenvalue weighted by atomic mass is 10.1. The van der Waals surface area contributed by atoms with Crippen molar-refractivity contribution in [3.8, 4) is 0 Å². The largest absolute Gasteiger partial charge is 0.342 e. The third-order valence-corrected chi connectivity index (χ3v) is 5.83. The molecular formula is C23H27N5O2S. The summed E-state index contributed by atoms with van der Waals surface area (Å²) < 4.78 is 1.92. The number of carbonyl (C=O) groups is 2. The topological polar surface area (TPSA) is 88.9 Å². The number of aromatic nitrogens is 3. The molecule has 0 saturated heterocycles. The maximum Gasteiger partial charge on any atom is 0.251 e. The molecule has 1 aromatic heterocycles. The molecule has 0 aliphatic rings. The molecule has 31 heavy (non-hydrogen) atoms. The predicted molar refractivity (Wildman–Crippen MR) is 123 cm³/mol. The number of rotatable bonds is 8. The second kappa shape index (κ2) is 10.3. The Morgan fingerprint density at radius 1 is 1.06 bits per heavy atom. The Morgan fingerprint density at radius 3 is 2.45 bits per heavy atom. The van der Waals surface area contributed by atoms with Gasteiger partial charge in [0.1, 0.15) is 0 Å². The summed E-state index contributed by atoms with van der Waals surface area (Å²) in [6.07, 6.45) is 0. The molecule has 0 radical (unpaired) electrons. The number of hydrogen-bond acceptors (Lipinski definition) is 5. The quantitative estimate of drug-likeness (QED) is 0.517. The van der Waals surface area contributed by atoms with E-state index in [4.69, 9.17) is 0 Å². The molecule has 3 aromatic rings. The van der Waals surface area contributed by atoms with Crippen LogP contribution in [0.15, 0.2) is 53.7 Å². The first-order valence-corrected chi connectivity index (χ1v) is 11.2. The molecule has 2 aromatic carbocycles. The average Bonchev–Trinajstić information content (AvgIpc) is 3.17. The monoisotopic (exact) mass is 437 g/mol. The molecule has 1 atom stereocenters. The minimum absolute atomic E-state index is 0.104. The molecule has 1 heterocycles. The summed E-state index contributed by atoms with van der Waals surface area (Å²) in [5.41, 5.74) is 3.52. The van der Waals surface area contributed by atoms with Gasteiger partial charge in [0, 0.05) is 17.8 Å². The summed E-state index contributed by atoms with van der Waals surface area (Å²) in [7, 11) is 0. The lowest BCUT2D eigenvalue weighted by Crippen LogP contribution is -2.28. The Morgan fingerprint density at radius 2 is 1.77 bits per heavy atom. The highest BCUT2D eigenvalue weighted by Crippen LogP contribution is 2.22. The van der Waals surface area contributed by atoms with E-state index in [2.05, 4.69) is 20.8 Å². The van der Waals surface area contributed by atoms with Crippen molar-refractivity contribution in [2.45, 2.75) is 45.4 Å². The average molecular weight is 438 g/mol. The van der Waals surface area contributed by atoms with Gasteiger partial charge in [0.05, 0.1) is 11.8 Å². The molecule has 0 spiro atoms. The zero-order chi connectivity index (χ0) is 22.4. The van der Waals surface area contributed by atoms with Crippen LogP contribution in [0, 0.1) is 13.8 Å². The molecule has 8 heteroatoms. The number of para-hydroxylation sites is 1. The Hall–Kier alpha value is -3.13. The summed E-state index contributed by atoms with van der Waals surface area (Å²) in [5, 5.41) is 15.1. The van der Waals surface area contributed by atoms with Crippen molar-refractivity contribution in [1.82, 2.24) is 20.1 Å². The number of hydrogen-bond donors (Lipinski definition) is 2. The van der Waals surface area contributed by atoms with Crippen LogP contribution in [0.2, 0.25) is 0 Å². The second-order valence-electron chi connectivity index (χ2n) is 7.30. The Labute approximate surface area is 186 Å². The van der Waals surface area contributed by atoms with Gasteiger partial charge in [-0.2, -0.15) is 0 Å². The van der Waals surface area contributed by atoms with Gasteiger partial charge in [-0.15, -0.1) is 10.2 Å². The van der Waals surface area contributed by atoms with E-state index in [-0.39, 0.29) is 23.6 Å². The first kappa shape index (κ1) is 22.6. The second-order valence-corrected chi connectivity index (χ2v) is 8.24. The van der Waals surface area contributed by atoms with Gasteiger partial charge in [-0.1, -0.05) is 47.7 Å². The number of anilines is 1. The smallest absolute Gasteiger partial charge is 0.251 e. The molecule has 2 amide bonds. The van der Waals surface area contributed by atoms with Crippen LogP contribution < -0.4 is 10.6 Å². The van der Waals surface area contributed by atoms with E-state index >= 15 is 0 Å². The van der Waals surface area contributed by atoms with Gasteiger partial charge in [0.2, 0.25) is 5.91 Å². The fourth-order valence-corrected chi connectivity index (χ4v) is 3.91. The summed E-state index contributed by atoms with van der Waals surface area (Å²) in [5.74, 6) is 0.610. The summed E-state index contributed by atoms with van der Waals surface area (Å²) in [6, 6.07) is 14.8. The number of thioether (sulfide) groups is 1. The molecule has 3 rings (SSSR count). The van der Waals surface area contributed by atoms with Gasteiger partial charge in [-0.3, -0.25) is 9.59 Å². The van der Waals surface area contributed by atoms with Gasteiger partial charge in [-0.05, 0) is 51.5 Å². The van der Waals surface area contributed by atoms with Crippen LogP contribution in [0.25, 0.3) is 0 Å². The standard InChI is InChI=1S/C23H27N5O2S/c1-5-28-21(17(4)24-22(30)18-12-10-15(2)11-13-18)26-27-23(28)31-14-20(29)25-19-9-7-6-8-16(19)3/h6-13,17H,5,14H2,1-4H3,(H,24,30)(H,25,29)/t17-/m1/s1. The van der Waals surface area contributed by atoms with Crippen molar-refractivity contribution in [3.05, 3.63) is 71.0 Å². The summed E-state index contributed by atoms with van der Waals surface area (Å²) >= 11 is 1.32. The molecule has 0 fully saturated rings. The van der Waals surface area contributed by atoms with Crippen molar-refractivity contribution in [2.75, 3.05) is 11.1 Å². The molecular weight excluding hydrogens is 410 g/mol. The lowest BCUT2D eigenvalue weighted by Gasteiger charge is -2.15. The number of aryl methyl sites for hydroxylation is 2. The first-order valence-electron chi connectivity index (χ1n) is 10.2. The molecule has 162 valence electrons. The molecule has 0 aliphatic carbocycles. The van der Waals surface area contributed by atoms with Crippen LogP contribution in [0.3, 0.4) is 0 Å². The molecule has 0 unspecified atom stereocenters. The SMILES string of the molecule is CCn1c(SCC(=O)Nc2ccccc2C)nnc1[C@@H](C)NC(=O)c1ccc(C)cc1. The Kier molecular flexibility index (Phi) is 7.46. The number of benzene rings is 2. The zero-order valence-corrected chi connectivity index (χ0v) is 19.0. The zero-order valence-electron chi connectivity index (χ0n) is 18.2. The van der Waals surface area contributed by atoms with Crippen LogP contribution in [0.1, 0.15) is 47.2 Å². The van der Waals surface area contributed by atoms with Crippen molar-refractivity contribution >= 4 is 29.3 Å². The molecule has 0 aliphatic heterocycles. The highest BCUT2D eigenvalue weighted by molar-refractivity contribution is 7.99. The van der Waals surface area contributed by atoms with Gasteiger partial charge in [0.25, 0.3) is 5.91 Å². The third kappa shape index (κ3) is 5.73. The molecule has 0 bridgehead atoms. The summed E-state index contributed by atoms with van der Waals surface area (Å²) in [4.78, 5) is 24.9. The maximum atomic E-state index is 12.5. The van der Waals surface area contributed by atoms with Crippen molar-refractivity contribution in [2.24, 2.45) is 0 Å². The van der Waals surface area contributed by atoms with Gasteiger partial charge >= 0.3 is 0 Å². The van der Waals surface area contributed by atoms with E-state index in [1.54, 1.807) is 12.1 Å². The van der Waals surface area contributed by atoms with Crippen LogP contribution in [-0.2, 0) is 11.3 Å². The van der Waals surface area contributed by atoms with Crippen molar-refractivity contribution < 1.29 is 9.59 Å². The third-order valence-electron chi connectivity index (χ3n) is 4.86. The van der Waals surface area contributed by atoms with Gasteiger partial charge in [-0.25, -0.2) is 0 Å². The maximum absolute atomic E-state index is 12.5. The van der Waals surface area contributed by atoms with E-state index in [9.17, 15) is 9.59 Å². The van der Waals surface area contributed by atoms with E-state index in [0.717, 1.165) is 16.8 Å². The fourth-order valence-electron chi connectivity index (χ4n) is 3.10. The van der Waals surface area contributed by atoms with Gasteiger partial charge in [0.15, 0.2) is 11.0 Å². The van der Waals surface area contributed by atoms with E-state index in [0.29, 0.717) is 23.1 Å². The minimum atomic E-state index is -0.323. The van der Waals surface area contributed by atoms with Crippen LogP contribution in [-0.4, -0.2) is 32.3 Å². The number of nitrogens with one attached hydrogen (secondary N) is 2. The Bertz CT molecular complexity index is 1060. The lowest BCUT2D eigenvalue weighted by molar-refractivity contribution is -0.113. The predicted octanol–water partition coefficient (Wildman–Crippen LogP) is 4.14. The first-order chi connectivity index (χ1) is 14.9. The van der Waals surface area contributed by atoms with Crippen molar-refractivity contribution in [1.29, 1.82) is 0 Å². The molecule has 0 saturated carbocycles. The minimum Gasteiger partial charge on any atom is -0.342 e. The number of nitrogens with zero attached hydrogens (tertiary/aromatic N) is 3. The molecule has 7 nitrogen and oxygen atoms in total. The van der Waals surface area contributed by atoms with Crippen molar-refractivity contribution in [3.63, 3.8) is 0 Å². The van der Waals surface area contributed by atoms with Gasteiger partial charge < -0.3 is 15.2 Å². The molecule has 2 N–H and O–H groups in total. The van der Waals surface area contributed by atoms with E-state index < -0.39 is 0 Å². The number of carbonyl (C=O) groups excluding carboxylic acids is 2. The van der Waals surface area contributed by atoms with E-state index in [1.807, 2.05) is 68.7 Å². The van der Waals surface area contributed by atoms with E-state index in [1.165, 1.54) is 11.8 Å². The fraction of sp³-hybridized carbons (Fsp3) is 0.304. The van der Waals surface area contributed by atoms with Crippen LogP contribution >= 0.6 is 11.8 Å². The normalized spacial score (nSPS) is 11.7. The van der Waals surface area contributed by atoms with Crippen LogP contribution in [0.5, 0.6) is 0 Å². The summed E-state index contributed by atoms with van der Waals surface area (Å²) in [6.45, 7) is 8.43. The highest BCUT2D eigenvalue weighted by atomic mass is 32.2.